The average Bonchev–Trinajstić information content (AvgIpc) is 3.34. The monoisotopic (exact) mass is 298 g/mol. The van der Waals surface area contributed by atoms with Crippen LogP contribution in [0.25, 0.3) is 0 Å². The van der Waals surface area contributed by atoms with Crippen molar-refractivity contribution in [1.82, 2.24) is 10.2 Å². The molecule has 0 saturated heterocycles. The molecule has 0 amide bonds. The van der Waals surface area contributed by atoms with E-state index in [2.05, 4.69) is 37.9 Å². The van der Waals surface area contributed by atoms with Gasteiger partial charge >= 0.3 is 0 Å². The highest BCUT2D eigenvalue weighted by Crippen LogP contribution is 2.37. The Kier molecular flexibility index (Phi) is 8.84. The fourth-order valence-corrected chi connectivity index (χ4v) is 3.25. The lowest BCUT2D eigenvalue weighted by atomic mass is 9.81. The number of nitrogens with one attached hydrogen (secondary N) is 1. The van der Waals surface area contributed by atoms with Gasteiger partial charge in [-0.25, -0.2) is 0 Å². The molecule has 126 valence electrons. The lowest BCUT2D eigenvalue weighted by Gasteiger charge is -2.40. The molecule has 0 spiro atoms. The molecule has 0 aromatic carbocycles. The lowest BCUT2D eigenvalue weighted by Crippen LogP contribution is -2.48. The molecular formula is C18H38N2O. The highest BCUT2D eigenvalue weighted by Gasteiger charge is 2.36. The van der Waals surface area contributed by atoms with Crippen molar-refractivity contribution < 1.29 is 4.74 Å². The van der Waals surface area contributed by atoms with E-state index in [1.807, 2.05) is 7.11 Å². The van der Waals surface area contributed by atoms with Crippen LogP contribution in [0, 0.1) is 11.3 Å². The molecule has 21 heavy (non-hydrogen) atoms. The van der Waals surface area contributed by atoms with E-state index in [-0.39, 0.29) is 0 Å². The van der Waals surface area contributed by atoms with Crippen molar-refractivity contribution in [2.75, 3.05) is 39.9 Å². The molecule has 0 aromatic heterocycles. The maximum absolute atomic E-state index is 5.35. The van der Waals surface area contributed by atoms with E-state index in [0.29, 0.717) is 11.5 Å². The van der Waals surface area contributed by atoms with Crippen molar-refractivity contribution in [2.45, 2.75) is 65.8 Å². The number of hydrogen-bond donors (Lipinski definition) is 1. The molecule has 1 aliphatic rings. The van der Waals surface area contributed by atoms with Gasteiger partial charge in [0.15, 0.2) is 0 Å². The quantitative estimate of drug-likeness (QED) is 0.526. The highest BCUT2D eigenvalue weighted by molar-refractivity contribution is 4.90. The first-order chi connectivity index (χ1) is 10.1. The van der Waals surface area contributed by atoms with Crippen LogP contribution in [0.4, 0.5) is 0 Å². The first kappa shape index (κ1) is 18.9. The van der Waals surface area contributed by atoms with E-state index < -0.39 is 0 Å². The van der Waals surface area contributed by atoms with Gasteiger partial charge in [0.25, 0.3) is 0 Å². The largest absolute Gasteiger partial charge is 0.383 e. The number of ether oxygens (including phenoxy) is 1. The fourth-order valence-electron chi connectivity index (χ4n) is 3.25. The molecule has 3 heteroatoms. The van der Waals surface area contributed by atoms with Crippen LogP contribution in [0.5, 0.6) is 0 Å². The Morgan fingerprint density at radius 2 is 1.90 bits per heavy atom. The molecule has 1 atom stereocenters. The van der Waals surface area contributed by atoms with Gasteiger partial charge in [-0.2, -0.15) is 0 Å². The molecule has 0 aromatic rings. The van der Waals surface area contributed by atoms with E-state index in [1.54, 1.807) is 0 Å². The van der Waals surface area contributed by atoms with Crippen molar-refractivity contribution in [3.63, 3.8) is 0 Å². The number of hydrogen-bond acceptors (Lipinski definition) is 3. The van der Waals surface area contributed by atoms with Crippen LogP contribution in [-0.4, -0.2) is 50.8 Å². The predicted octanol–water partition coefficient (Wildman–Crippen LogP) is 3.54. The average molecular weight is 299 g/mol. The van der Waals surface area contributed by atoms with Crippen LogP contribution in [0.3, 0.4) is 0 Å². The molecule has 1 unspecified atom stereocenters. The summed E-state index contributed by atoms with van der Waals surface area (Å²) >= 11 is 0. The Balaban J connectivity index is 2.64. The summed E-state index contributed by atoms with van der Waals surface area (Å²) < 4.78 is 5.35. The molecule has 0 heterocycles. The van der Waals surface area contributed by atoms with Crippen LogP contribution >= 0.6 is 0 Å². The zero-order valence-electron chi connectivity index (χ0n) is 15.1. The van der Waals surface area contributed by atoms with Crippen molar-refractivity contribution in [3.05, 3.63) is 0 Å². The van der Waals surface area contributed by atoms with Gasteiger partial charge in [0, 0.05) is 32.8 Å². The molecular weight excluding hydrogens is 260 g/mol. The van der Waals surface area contributed by atoms with Gasteiger partial charge in [0.05, 0.1) is 6.61 Å². The van der Waals surface area contributed by atoms with Crippen molar-refractivity contribution in [1.29, 1.82) is 0 Å². The van der Waals surface area contributed by atoms with Crippen LogP contribution in [0.15, 0.2) is 0 Å². The van der Waals surface area contributed by atoms with Gasteiger partial charge in [-0.15, -0.1) is 0 Å². The maximum Gasteiger partial charge on any atom is 0.0589 e. The maximum atomic E-state index is 5.35. The van der Waals surface area contributed by atoms with Crippen LogP contribution in [0.1, 0.15) is 59.8 Å². The minimum Gasteiger partial charge on any atom is -0.383 e. The Morgan fingerprint density at radius 1 is 1.24 bits per heavy atom. The smallest absolute Gasteiger partial charge is 0.0589 e. The SMILES string of the molecule is CCCNCC(CC)(CC)CN(CCOC)C(C)C1CC1. The Bertz CT molecular complexity index is 262. The third-order valence-corrected chi connectivity index (χ3v) is 5.43. The Labute approximate surface area is 132 Å². The van der Waals surface area contributed by atoms with Gasteiger partial charge < -0.3 is 10.1 Å². The zero-order valence-corrected chi connectivity index (χ0v) is 15.1. The van der Waals surface area contributed by atoms with E-state index in [0.717, 1.165) is 32.2 Å². The number of methoxy groups -OCH3 is 1. The zero-order chi connectivity index (χ0) is 15.7. The van der Waals surface area contributed by atoms with Gasteiger partial charge in [0.1, 0.15) is 0 Å². The van der Waals surface area contributed by atoms with Crippen LogP contribution in [0.2, 0.25) is 0 Å². The fraction of sp³-hybridized carbons (Fsp3) is 1.00. The summed E-state index contributed by atoms with van der Waals surface area (Å²) in [5.41, 5.74) is 0.409. The summed E-state index contributed by atoms with van der Waals surface area (Å²) in [5.74, 6) is 0.928. The normalized spacial score (nSPS) is 17.4. The van der Waals surface area contributed by atoms with Gasteiger partial charge in [-0.3, -0.25) is 4.90 Å². The standard InChI is InChI=1S/C18H38N2O/c1-6-11-19-14-18(7-2,8-3)15-20(12-13-21-5)16(4)17-9-10-17/h16-17,19H,6-15H2,1-5H3. The summed E-state index contributed by atoms with van der Waals surface area (Å²) in [4.78, 5) is 2.70. The molecule has 1 saturated carbocycles. The summed E-state index contributed by atoms with van der Waals surface area (Å²) in [5, 5.41) is 3.67. The third-order valence-electron chi connectivity index (χ3n) is 5.43. The molecule has 1 aliphatic carbocycles. The van der Waals surface area contributed by atoms with Crippen molar-refractivity contribution in [2.24, 2.45) is 11.3 Å². The van der Waals surface area contributed by atoms with Crippen LogP contribution < -0.4 is 5.32 Å². The van der Waals surface area contributed by atoms with E-state index in [1.165, 1.54) is 38.6 Å². The van der Waals surface area contributed by atoms with Crippen molar-refractivity contribution >= 4 is 0 Å². The van der Waals surface area contributed by atoms with E-state index in [9.17, 15) is 0 Å². The highest BCUT2D eigenvalue weighted by atomic mass is 16.5. The second-order valence-electron chi connectivity index (χ2n) is 6.93. The molecule has 1 N–H and O–H groups in total. The van der Waals surface area contributed by atoms with Gasteiger partial charge in [0.2, 0.25) is 0 Å². The molecule has 1 fully saturated rings. The predicted molar refractivity (Wildman–Crippen MR) is 91.8 cm³/mol. The minimum atomic E-state index is 0.409. The Hall–Kier alpha value is -0.120. The summed E-state index contributed by atoms with van der Waals surface area (Å²) in [6.45, 7) is 14.8. The molecule has 0 bridgehead atoms. The number of rotatable bonds is 13. The van der Waals surface area contributed by atoms with Gasteiger partial charge in [-0.05, 0) is 56.9 Å². The van der Waals surface area contributed by atoms with E-state index in [4.69, 9.17) is 4.74 Å². The summed E-state index contributed by atoms with van der Waals surface area (Å²) in [6, 6.07) is 0.712. The topological polar surface area (TPSA) is 24.5 Å². The summed E-state index contributed by atoms with van der Waals surface area (Å²) in [7, 11) is 1.82. The van der Waals surface area contributed by atoms with Crippen LogP contribution in [-0.2, 0) is 4.74 Å². The summed E-state index contributed by atoms with van der Waals surface area (Å²) in [6.07, 6.45) is 6.56. The second-order valence-corrected chi connectivity index (χ2v) is 6.93. The van der Waals surface area contributed by atoms with Gasteiger partial charge in [-0.1, -0.05) is 20.8 Å². The first-order valence-electron chi connectivity index (χ1n) is 9.06. The molecule has 1 rings (SSSR count). The third kappa shape index (κ3) is 6.25. The lowest BCUT2D eigenvalue weighted by molar-refractivity contribution is 0.0661. The number of nitrogens with zero attached hydrogens (tertiary/aromatic N) is 1. The minimum absolute atomic E-state index is 0.409. The first-order valence-corrected chi connectivity index (χ1v) is 9.06. The molecule has 0 aliphatic heterocycles. The Morgan fingerprint density at radius 3 is 2.38 bits per heavy atom. The molecule has 3 nitrogen and oxygen atoms in total. The van der Waals surface area contributed by atoms with Crippen molar-refractivity contribution in [3.8, 4) is 0 Å². The molecule has 0 radical (unpaired) electrons. The second kappa shape index (κ2) is 9.81. The van der Waals surface area contributed by atoms with E-state index >= 15 is 0 Å².